The van der Waals surface area contributed by atoms with Gasteiger partial charge in [-0.3, -0.25) is 0 Å². The monoisotopic (exact) mass is 301 g/mol. The van der Waals surface area contributed by atoms with Crippen LogP contribution in [0.2, 0.25) is 5.02 Å². The summed E-state index contributed by atoms with van der Waals surface area (Å²) in [5.74, 6) is 0.719. The molecule has 2 N–H and O–H groups in total. The summed E-state index contributed by atoms with van der Waals surface area (Å²) >= 11 is 6.45. The van der Waals surface area contributed by atoms with Crippen molar-refractivity contribution in [2.75, 3.05) is 13.7 Å². The quantitative estimate of drug-likeness (QED) is 0.847. The van der Waals surface area contributed by atoms with E-state index in [4.69, 9.17) is 16.3 Å². The van der Waals surface area contributed by atoms with E-state index in [0.29, 0.717) is 10.8 Å². The number of hydrogen-bond acceptors (Lipinski definition) is 3. The lowest BCUT2D eigenvalue weighted by molar-refractivity contribution is 0.371. The standard InChI is InChI=1S/C17H16ClNO2/c1-21-17-13(20)8-10-5-6-19-12-7-9-3-2-4-11(18)14(9)16(17)15(10)12/h2-4,8,12,19-20H,5-7H2,1H3/t12-/m1/s1. The molecule has 21 heavy (non-hydrogen) atoms. The van der Waals surface area contributed by atoms with Crippen molar-refractivity contribution in [2.45, 2.75) is 18.9 Å². The first kappa shape index (κ1) is 13.0. The molecule has 0 unspecified atom stereocenters. The number of ether oxygens (including phenoxy) is 1. The fourth-order valence-electron chi connectivity index (χ4n) is 3.68. The highest BCUT2D eigenvalue weighted by atomic mass is 35.5. The van der Waals surface area contributed by atoms with Gasteiger partial charge in [0, 0.05) is 22.2 Å². The Morgan fingerprint density at radius 2 is 2.14 bits per heavy atom. The van der Waals surface area contributed by atoms with Gasteiger partial charge in [0.2, 0.25) is 0 Å². The molecule has 1 aliphatic carbocycles. The van der Waals surface area contributed by atoms with Crippen molar-refractivity contribution in [2.24, 2.45) is 0 Å². The Morgan fingerprint density at radius 1 is 1.29 bits per heavy atom. The number of hydrogen-bond donors (Lipinski definition) is 2. The van der Waals surface area contributed by atoms with Crippen LogP contribution >= 0.6 is 11.6 Å². The zero-order chi connectivity index (χ0) is 14.6. The van der Waals surface area contributed by atoms with Gasteiger partial charge >= 0.3 is 0 Å². The van der Waals surface area contributed by atoms with Gasteiger partial charge in [-0.15, -0.1) is 0 Å². The van der Waals surface area contributed by atoms with Gasteiger partial charge in [-0.05, 0) is 48.2 Å². The molecule has 2 aliphatic rings. The van der Waals surface area contributed by atoms with E-state index in [0.717, 1.165) is 30.5 Å². The Bertz CT molecular complexity index is 742. The minimum atomic E-state index is 0.194. The van der Waals surface area contributed by atoms with E-state index >= 15 is 0 Å². The molecule has 0 radical (unpaired) electrons. The SMILES string of the molecule is COc1c(O)cc2c3c1-c1c(Cl)cccc1C[C@H]3NCC2. The molecular weight excluding hydrogens is 286 g/mol. The molecule has 2 aromatic rings. The van der Waals surface area contributed by atoms with Crippen molar-refractivity contribution in [3.05, 3.63) is 46.0 Å². The molecule has 4 heteroatoms. The van der Waals surface area contributed by atoms with E-state index in [1.165, 1.54) is 16.7 Å². The van der Waals surface area contributed by atoms with Crippen molar-refractivity contribution in [1.82, 2.24) is 5.32 Å². The van der Waals surface area contributed by atoms with Crippen LogP contribution in [0.3, 0.4) is 0 Å². The van der Waals surface area contributed by atoms with Gasteiger partial charge < -0.3 is 15.2 Å². The molecule has 0 spiro atoms. The summed E-state index contributed by atoms with van der Waals surface area (Å²) in [5, 5.41) is 14.6. The summed E-state index contributed by atoms with van der Waals surface area (Å²) in [6.07, 6.45) is 1.83. The predicted molar refractivity (Wildman–Crippen MR) is 83.3 cm³/mol. The average molecular weight is 302 g/mol. The number of aromatic hydroxyl groups is 1. The molecule has 1 aliphatic heterocycles. The fraction of sp³-hybridized carbons (Fsp3) is 0.294. The third-order valence-corrected chi connectivity index (χ3v) is 4.81. The third kappa shape index (κ3) is 1.78. The lowest BCUT2D eigenvalue weighted by Crippen LogP contribution is -2.33. The Labute approximate surface area is 128 Å². The first-order valence-electron chi connectivity index (χ1n) is 7.14. The van der Waals surface area contributed by atoms with Crippen LogP contribution in [0.15, 0.2) is 24.3 Å². The van der Waals surface area contributed by atoms with Gasteiger partial charge in [0.1, 0.15) is 0 Å². The zero-order valence-corrected chi connectivity index (χ0v) is 12.5. The van der Waals surface area contributed by atoms with Gasteiger partial charge in [-0.2, -0.15) is 0 Å². The molecule has 1 heterocycles. The first-order valence-corrected chi connectivity index (χ1v) is 7.52. The molecule has 0 fully saturated rings. The Hall–Kier alpha value is -1.71. The van der Waals surface area contributed by atoms with Crippen LogP contribution in [-0.2, 0) is 12.8 Å². The van der Waals surface area contributed by atoms with Crippen LogP contribution in [0.1, 0.15) is 22.7 Å². The lowest BCUT2D eigenvalue weighted by atomic mass is 9.77. The molecule has 2 aromatic carbocycles. The van der Waals surface area contributed by atoms with Crippen molar-refractivity contribution < 1.29 is 9.84 Å². The zero-order valence-electron chi connectivity index (χ0n) is 11.7. The van der Waals surface area contributed by atoms with Crippen molar-refractivity contribution in [1.29, 1.82) is 0 Å². The Balaban J connectivity index is 2.13. The number of benzene rings is 2. The minimum Gasteiger partial charge on any atom is -0.504 e. The van der Waals surface area contributed by atoms with E-state index in [9.17, 15) is 5.11 Å². The van der Waals surface area contributed by atoms with Crippen molar-refractivity contribution in [3.8, 4) is 22.6 Å². The normalized spacial score (nSPS) is 18.9. The predicted octanol–water partition coefficient (Wildman–Crippen LogP) is 3.46. The average Bonchev–Trinajstić information content (AvgIpc) is 2.47. The summed E-state index contributed by atoms with van der Waals surface area (Å²) in [5.41, 5.74) is 5.58. The molecule has 0 bridgehead atoms. The maximum atomic E-state index is 10.3. The molecule has 4 rings (SSSR count). The van der Waals surface area contributed by atoms with E-state index in [2.05, 4.69) is 11.4 Å². The highest BCUT2D eigenvalue weighted by Gasteiger charge is 2.34. The molecule has 0 amide bonds. The molecular formula is C17H16ClNO2. The van der Waals surface area contributed by atoms with Crippen LogP contribution in [-0.4, -0.2) is 18.8 Å². The maximum Gasteiger partial charge on any atom is 0.168 e. The number of halogens is 1. The number of fused-ring (bicyclic) bond motifs is 2. The number of phenolic OH excluding ortho intramolecular Hbond substituents is 1. The van der Waals surface area contributed by atoms with Crippen LogP contribution in [0.4, 0.5) is 0 Å². The molecule has 0 saturated heterocycles. The van der Waals surface area contributed by atoms with E-state index < -0.39 is 0 Å². The van der Waals surface area contributed by atoms with Gasteiger partial charge in [0.15, 0.2) is 11.5 Å². The number of rotatable bonds is 1. The van der Waals surface area contributed by atoms with Crippen LogP contribution in [0.5, 0.6) is 11.5 Å². The van der Waals surface area contributed by atoms with Crippen LogP contribution in [0, 0.1) is 0 Å². The number of phenols is 1. The number of methoxy groups -OCH3 is 1. The van der Waals surface area contributed by atoms with Gasteiger partial charge in [-0.25, -0.2) is 0 Å². The van der Waals surface area contributed by atoms with Gasteiger partial charge in [0.25, 0.3) is 0 Å². The molecule has 3 nitrogen and oxygen atoms in total. The first-order chi connectivity index (χ1) is 10.2. The molecule has 0 saturated carbocycles. The summed E-state index contributed by atoms with van der Waals surface area (Å²) in [6, 6.07) is 8.08. The highest BCUT2D eigenvalue weighted by molar-refractivity contribution is 6.33. The fourth-order valence-corrected chi connectivity index (χ4v) is 3.96. The summed E-state index contributed by atoms with van der Waals surface area (Å²) in [6.45, 7) is 0.929. The van der Waals surface area contributed by atoms with Gasteiger partial charge in [-0.1, -0.05) is 23.7 Å². The van der Waals surface area contributed by atoms with E-state index in [-0.39, 0.29) is 11.8 Å². The van der Waals surface area contributed by atoms with Crippen molar-refractivity contribution >= 4 is 11.6 Å². The molecule has 108 valence electrons. The third-order valence-electron chi connectivity index (χ3n) is 4.50. The molecule has 1 atom stereocenters. The van der Waals surface area contributed by atoms with Crippen molar-refractivity contribution in [3.63, 3.8) is 0 Å². The number of nitrogens with one attached hydrogen (secondary N) is 1. The summed E-state index contributed by atoms with van der Waals surface area (Å²) < 4.78 is 5.49. The van der Waals surface area contributed by atoms with Gasteiger partial charge in [0.05, 0.1) is 7.11 Å². The Morgan fingerprint density at radius 3 is 2.95 bits per heavy atom. The highest BCUT2D eigenvalue weighted by Crippen LogP contribution is 2.52. The Kier molecular flexibility index (Phi) is 2.88. The van der Waals surface area contributed by atoms with Crippen LogP contribution in [0.25, 0.3) is 11.1 Å². The molecule has 0 aromatic heterocycles. The topological polar surface area (TPSA) is 41.5 Å². The second-order valence-corrected chi connectivity index (χ2v) is 6.02. The van der Waals surface area contributed by atoms with E-state index in [1.54, 1.807) is 7.11 Å². The second-order valence-electron chi connectivity index (χ2n) is 5.61. The summed E-state index contributed by atoms with van der Waals surface area (Å²) in [4.78, 5) is 0. The van der Waals surface area contributed by atoms with Crippen LogP contribution < -0.4 is 10.1 Å². The summed E-state index contributed by atoms with van der Waals surface area (Å²) in [7, 11) is 1.59. The smallest absolute Gasteiger partial charge is 0.168 e. The maximum absolute atomic E-state index is 10.3. The minimum absolute atomic E-state index is 0.194. The lowest BCUT2D eigenvalue weighted by Gasteiger charge is -2.35. The van der Waals surface area contributed by atoms with E-state index in [1.807, 2.05) is 18.2 Å². The second kappa shape index (κ2) is 4.65. The largest absolute Gasteiger partial charge is 0.504 e.